The first-order chi connectivity index (χ1) is 15.6. The molecule has 32 heavy (non-hydrogen) atoms. The summed E-state index contributed by atoms with van der Waals surface area (Å²) in [5.74, 6) is 1.77. The number of aromatic nitrogens is 2. The second kappa shape index (κ2) is 10.0. The highest BCUT2D eigenvalue weighted by Crippen LogP contribution is 2.40. The summed E-state index contributed by atoms with van der Waals surface area (Å²) in [6, 6.07) is 15.8. The smallest absolute Gasteiger partial charge is 0.246 e. The maximum atomic E-state index is 12.5. The molecule has 1 N–H and O–H groups in total. The topological polar surface area (TPSA) is 76.7 Å². The molecule has 1 aliphatic rings. The fourth-order valence-electron chi connectivity index (χ4n) is 3.55. The van der Waals surface area contributed by atoms with Crippen LogP contribution in [-0.2, 0) is 11.2 Å². The summed E-state index contributed by atoms with van der Waals surface area (Å²) < 4.78 is 16.6. The molecule has 1 aromatic heterocycles. The summed E-state index contributed by atoms with van der Waals surface area (Å²) in [6.45, 7) is 1.63. The summed E-state index contributed by atoms with van der Waals surface area (Å²) in [4.78, 5) is 14.2. The Balaban J connectivity index is 1.30. The van der Waals surface area contributed by atoms with Gasteiger partial charge in [0.1, 0.15) is 13.2 Å². The highest BCUT2D eigenvalue weighted by Gasteiger charge is 2.18. The van der Waals surface area contributed by atoms with Crippen molar-refractivity contribution in [3.63, 3.8) is 0 Å². The minimum Gasteiger partial charge on any atom is -0.493 e. The van der Waals surface area contributed by atoms with Crippen LogP contribution in [0.15, 0.2) is 54.6 Å². The number of fused-ring (bicyclic) bond motifs is 1. The van der Waals surface area contributed by atoms with E-state index in [1.54, 1.807) is 31.2 Å². The zero-order valence-corrected chi connectivity index (χ0v) is 18.3. The van der Waals surface area contributed by atoms with Crippen molar-refractivity contribution in [2.24, 2.45) is 0 Å². The molecule has 2 heterocycles. The Hall–Kier alpha value is -3.74. The van der Waals surface area contributed by atoms with Gasteiger partial charge in [-0.25, -0.2) is 0 Å². The second-order valence-corrected chi connectivity index (χ2v) is 7.59. The van der Waals surface area contributed by atoms with E-state index in [1.165, 1.54) is 0 Å². The van der Waals surface area contributed by atoms with E-state index in [0.717, 1.165) is 35.4 Å². The highest BCUT2D eigenvalue weighted by molar-refractivity contribution is 5.91. The quantitative estimate of drug-likeness (QED) is 0.544. The maximum Gasteiger partial charge on any atom is 0.246 e. The Bertz CT molecular complexity index is 1070. The molecular weight excluding hydrogens is 406 g/mol. The van der Waals surface area contributed by atoms with Crippen molar-refractivity contribution in [2.75, 3.05) is 33.9 Å². The molecule has 0 spiro atoms. The number of hydrogen-bond acceptors (Lipinski definition) is 5. The molecule has 0 unspecified atom stereocenters. The first-order valence-corrected chi connectivity index (χ1v) is 10.6. The van der Waals surface area contributed by atoms with Crippen molar-refractivity contribution in [2.45, 2.75) is 12.8 Å². The van der Waals surface area contributed by atoms with Gasteiger partial charge in [-0.2, -0.15) is 5.10 Å². The molecule has 0 atom stereocenters. The fourth-order valence-corrected chi connectivity index (χ4v) is 3.55. The Morgan fingerprint density at radius 1 is 1.19 bits per heavy atom. The van der Waals surface area contributed by atoms with Crippen LogP contribution in [0.4, 0.5) is 0 Å². The Labute approximate surface area is 187 Å². The third-order valence-electron chi connectivity index (χ3n) is 5.29. The van der Waals surface area contributed by atoms with E-state index < -0.39 is 0 Å². The molecule has 1 aliphatic heterocycles. The van der Waals surface area contributed by atoms with Gasteiger partial charge in [0.2, 0.25) is 11.7 Å². The molecular formula is C25H27N3O4. The Morgan fingerprint density at radius 3 is 2.81 bits per heavy atom. The van der Waals surface area contributed by atoms with Crippen molar-refractivity contribution >= 4 is 12.0 Å². The summed E-state index contributed by atoms with van der Waals surface area (Å²) >= 11 is 0. The van der Waals surface area contributed by atoms with Gasteiger partial charge in [-0.15, -0.1) is 0 Å². The lowest BCUT2D eigenvalue weighted by Gasteiger charge is -2.21. The maximum absolute atomic E-state index is 12.5. The van der Waals surface area contributed by atoms with Crippen molar-refractivity contribution in [3.05, 3.63) is 65.9 Å². The molecule has 2 aromatic carbocycles. The lowest BCUT2D eigenvalue weighted by atomic mass is 10.1. The molecule has 166 valence electrons. The van der Waals surface area contributed by atoms with Gasteiger partial charge in [0.05, 0.1) is 12.8 Å². The normalized spacial score (nSPS) is 12.7. The number of ether oxygens (including phenoxy) is 3. The van der Waals surface area contributed by atoms with Crippen LogP contribution >= 0.6 is 0 Å². The number of aromatic amines is 1. The lowest BCUT2D eigenvalue weighted by Crippen LogP contribution is -2.26. The molecule has 0 aliphatic carbocycles. The van der Waals surface area contributed by atoms with Crippen molar-refractivity contribution < 1.29 is 19.0 Å². The van der Waals surface area contributed by atoms with Crippen LogP contribution in [0.25, 0.3) is 17.3 Å². The van der Waals surface area contributed by atoms with Gasteiger partial charge in [0, 0.05) is 30.9 Å². The summed E-state index contributed by atoms with van der Waals surface area (Å²) in [5.41, 5.74) is 3.90. The number of carbonyl (C=O) groups is 1. The number of aryl methyl sites for hydroxylation is 1. The van der Waals surface area contributed by atoms with Crippen LogP contribution < -0.4 is 14.2 Å². The van der Waals surface area contributed by atoms with E-state index in [-0.39, 0.29) is 5.91 Å². The predicted molar refractivity (Wildman–Crippen MR) is 123 cm³/mol. The Kier molecular flexibility index (Phi) is 6.75. The zero-order chi connectivity index (χ0) is 22.3. The number of benzene rings is 2. The number of methoxy groups -OCH3 is 1. The number of H-pyrrole nitrogens is 1. The van der Waals surface area contributed by atoms with Crippen LogP contribution in [0.1, 0.15) is 17.7 Å². The molecule has 0 saturated carbocycles. The average molecular weight is 434 g/mol. The third-order valence-corrected chi connectivity index (χ3v) is 5.29. The molecule has 0 bridgehead atoms. The van der Waals surface area contributed by atoms with E-state index in [9.17, 15) is 4.79 Å². The lowest BCUT2D eigenvalue weighted by molar-refractivity contribution is -0.124. The summed E-state index contributed by atoms with van der Waals surface area (Å²) in [7, 11) is 3.39. The van der Waals surface area contributed by atoms with Crippen molar-refractivity contribution in [1.82, 2.24) is 15.1 Å². The van der Waals surface area contributed by atoms with Gasteiger partial charge < -0.3 is 19.1 Å². The van der Waals surface area contributed by atoms with E-state index in [1.807, 2.05) is 42.5 Å². The number of nitrogens with zero attached hydrogens (tertiary/aromatic N) is 2. The standard InChI is InChI=1S/C25H27N3O4/c1-28(12-6-9-20-17-21(27-26-20)19-7-4-3-5-8-19)24(29)11-10-18-15-22(30-2)25-23(16-18)31-13-14-32-25/h3-5,7-8,10-11,15-17H,6,9,12-14H2,1-2H3,(H,26,27). The highest BCUT2D eigenvalue weighted by atomic mass is 16.6. The van der Waals surface area contributed by atoms with Crippen LogP contribution in [0.3, 0.4) is 0 Å². The second-order valence-electron chi connectivity index (χ2n) is 7.59. The number of rotatable bonds is 8. The minimum atomic E-state index is -0.0616. The molecule has 7 nitrogen and oxygen atoms in total. The number of nitrogens with one attached hydrogen (secondary N) is 1. The molecule has 4 rings (SSSR count). The Morgan fingerprint density at radius 2 is 2.00 bits per heavy atom. The molecule has 3 aromatic rings. The number of amides is 1. The number of likely N-dealkylation sites (N-methyl/N-ethyl adjacent to an activating group) is 1. The molecule has 7 heteroatoms. The van der Waals surface area contributed by atoms with Crippen LogP contribution in [0.5, 0.6) is 17.2 Å². The SMILES string of the molecule is COc1cc(C=CC(=O)N(C)CCCc2cc(-c3ccccc3)n[nH]2)cc2c1OCCO2. The molecule has 0 fully saturated rings. The fraction of sp³-hybridized carbons (Fsp3) is 0.280. The van der Waals surface area contributed by atoms with E-state index in [2.05, 4.69) is 16.3 Å². The summed E-state index contributed by atoms with van der Waals surface area (Å²) in [5, 5.41) is 7.47. The van der Waals surface area contributed by atoms with Crippen molar-refractivity contribution in [3.8, 4) is 28.5 Å². The third kappa shape index (κ3) is 5.11. The monoisotopic (exact) mass is 433 g/mol. The first-order valence-electron chi connectivity index (χ1n) is 10.6. The molecule has 1 amide bonds. The molecule has 0 radical (unpaired) electrons. The predicted octanol–water partition coefficient (Wildman–Crippen LogP) is 3.96. The van der Waals surface area contributed by atoms with Gasteiger partial charge in [-0.3, -0.25) is 9.89 Å². The van der Waals surface area contributed by atoms with Crippen molar-refractivity contribution in [1.29, 1.82) is 0 Å². The van der Waals surface area contributed by atoms with Crippen LogP contribution in [0.2, 0.25) is 0 Å². The first kappa shape index (κ1) is 21.5. The van der Waals surface area contributed by atoms with Gasteiger partial charge >= 0.3 is 0 Å². The van der Waals surface area contributed by atoms with Gasteiger partial charge in [0.15, 0.2) is 11.5 Å². The number of carbonyl (C=O) groups excluding carboxylic acids is 1. The van der Waals surface area contributed by atoms with E-state index in [0.29, 0.717) is 37.0 Å². The average Bonchev–Trinajstić information content (AvgIpc) is 3.31. The zero-order valence-electron chi connectivity index (χ0n) is 18.3. The summed E-state index contributed by atoms with van der Waals surface area (Å²) in [6.07, 6.45) is 4.99. The van der Waals surface area contributed by atoms with Crippen LogP contribution in [0, 0.1) is 0 Å². The minimum absolute atomic E-state index is 0.0616. The number of hydrogen-bond donors (Lipinski definition) is 1. The largest absolute Gasteiger partial charge is 0.493 e. The molecule has 0 saturated heterocycles. The van der Waals surface area contributed by atoms with Crippen LogP contribution in [-0.4, -0.2) is 54.9 Å². The van der Waals surface area contributed by atoms with Gasteiger partial charge in [-0.05, 0) is 42.7 Å². The van der Waals surface area contributed by atoms with Gasteiger partial charge in [0.25, 0.3) is 0 Å². The van der Waals surface area contributed by atoms with E-state index >= 15 is 0 Å². The van der Waals surface area contributed by atoms with E-state index in [4.69, 9.17) is 14.2 Å². The van der Waals surface area contributed by atoms with Gasteiger partial charge in [-0.1, -0.05) is 30.3 Å².